The van der Waals surface area contributed by atoms with E-state index in [2.05, 4.69) is 57.0 Å². The SMILES string of the molecule is Cc1cc(Cc2cc(C)c(N=Cc3cccc(O)c3)c(C)c2)cc(C)c1N. The number of aryl methyl sites for hydroxylation is 4. The van der Waals surface area contributed by atoms with Gasteiger partial charge in [-0.15, -0.1) is 0 Å². The fourth-order valence-corrected chi connectivity index (χ4v) is 3.50. The highest BCUT2D eigenvalue weighted by Crippen LogP contribution is 2.28. The molecule has 0 fully saturated rings. The molecule has 0 spiro atoms. The van der Waals surface area contributed by atoms with E-state index < -0.39 is 0 Å². The van der Waals surface area contributed by atoms with Crippen LogP contribution in [-0.2, 0) is 6.42 Å². The number of rotatable bonds is 4. The van der Waals surface area contributed by atoms with Crippen LogP contribution in [0.5, 0.6) is 5.75 Å². The smallest absolute Gasteiger partial charge is 0.116 e. The van der Waals surface area contributed by atoms with Gasteiger partial charge in [0.25, 0.3) is 0 Å². The average molecular weight is 358 g/mol. The Bertz CT molecular complexity index is 973. The maximum Gasteiger partial charge on any atom is 0.116 e. The van der Waals surface area contributed by atoms with Crippen molar-refractivity contribution in [2.24, 2.45) is 4.99 Å². The Kier molecular flexibility index (Phi) is 5.31. The summed E-state index contributed by atoms with van der Waals surface area (Å²) < 4.78 is 0. The van der Waals surface area contributed by atoms with Crippen molar-refractivity contribution in [2.45, 2.75) is 34.1 Å². The highest BCUT2D eigenvalue weighted by Gasteiger charge is 2.07. The van der Waals surface area contributed by atoms with E-state index in [-0.39, 0.29) is 5.75 Å². The van der Waals surface area contributed by atoms with Crippen LogP contribution in [0.4, 0.5) is 11.4 Å². The number of nitrogen functional groups attached to an aromatic ring is 1. The predicted octanol–water partition coefficient (Wildman–Crippen LogP) is 5.55. The summed E-state index contributed by atoms with van der Waals surface area (Å²) in [7, 11) is 0. The summed E-state index contributed by atoms with van der Waals surface area (Å²) in [5.74, 6) is 0.247. The number of aromatic hydroxyl groups is 1. The van der Waals surface area contributed by atoms with Crippen LogP contribution < -0.4 is 5.73 Å². The largest absolute Gasteiger partial charge is 0.508 e. The lowest BCUT2D eigenvalue weighted by Gasteiger charge is -2.12. The number of hydrogen-bond donors (Lipinski definition) is 2. The summed E-state index contributed by atoms with van der Waals surface area (Å²) in [6.45, 7) is 8.29. The van der Waals surface area contributed by atoms with Gasteiger partial charge in [-0.1, -0.05) is 36.4 Å². The first-order valence-electron chi connectivity index (χ1n) is 9.12. The van der Waals surface area contributed by atoms with Gasteiger partial charge in [0, 0.05) is 11.9 Å². The molecule has 3 nitrogen and oxygen atoms in total. The van der Waals surface area contributed by atoms with E-state index in [0.717, 1.165) is 45.6 Å². The average Bonchev–Trinajstić information content (AvgIpc) is 2.59. The van der Waals surface area contributed by atoms with E-state index in [1.807, 2.05) is 12.1 Å². The number of phenolic OH excluding ortho intramolecular Hbond substituents is 1. The first-order valence-corrected chi connectivity index (χ1v) is 9.12. The molecule has 0 aromatic heterocycles. The Morgan fingerprint density at radius 3 is 1.96 bits per heavy atom. The standard InChI is InChI=1S/C24H26N2O/c1-15-8-20(9-16(2)23(15)25)12-21-10-17(3)24(18(4)11-21)26-14-19-6-5-7-22(27)13-19/h5-11,13-14,27H,12,25H2,1-4H3. The second kappa shape index (κ2) is 7.67. The van der Waals surface area contributed by atoms with Crippen molar-refractivity contribution in [3.05, 3.63) is 87.5 Å². The number of hydrogen-bond acceptors (Lipinski definition) is 3. The van der Waals surface area contributed by atoms with Gasteiger partial charge in [-0.2, -0.15) is 0 Å². The highest BCUT2D eigenvalue weighted by molar-refractivity contribution is 5.83. The second-order valence-corrected chi connectivity index (χ2v) is 7.25. The van der Waals surface area contributed by atoms with E-state index >= 15 is 0 Å². The lowest BCUT2D eigenvalue weighted by atomic mass is 9.96. The van der Waals surface area contributed by atoms with Crippen LogP contribution in [0.25, 0.3) is 0 Å². The van der Waals surface area contributed by atoms with E-state index in [4.69, 9.17) is 5.73 Å². The summed E-state index contributed by atoms with van der Waals surface area (Å²) in [6.07, 6.45) is 2.67. The second-order valence-electron chi connectivity index (χ2n) is 7.25. The Morgan fingerprint density at radius 1 is 0.852 bits per heavy atom. The number of anilines is 1. The maximum atomic E-state index is 9.58. The summed E-state index contributed by atoms with van der Waals surface area (Å²) >= 11 is 0. The Labute approximate surface area is 161 Å². The van der Waals surface area contributed by atoms with Gasteiger partial charge < -0.3 is 10.8 Å². The van der Waals surface area contributed by atoms with E-state index in [1.54, 1.807) is 18.3 Å². The molecule has 0 aliphatic carbocycles. The number of benzene rings is 3. The number of nitrogens with zero attached hydrogens (tertiary/aromatic N) is 1. The van der Waals surface area contributed by atoms with Crippen molar-refractivity contribution >= 4 is 17.6 Å². The lowest BCUT2D eigenvalue weighted by molar-refractivity contribution is 0.475. The molecule has 27 heavy (non-hydrogen) atoms. The van der Waals surface area contributed by atoms with Crippen molar-refractivity contribution in [2.75, 3.05) is 5.73 Å². The quantitative estimate of drug-likeness (QED) is 0.474. The van der Waals surface area contributed by atoms with Gasteiger partial charge in [0.05, 0.1) is 5.69 Å². The molecular weight excluding hydrogens is 332 g/mol. The fraction of sp³-hybridized carbons (Fsp3) is 0.208. The zero-order chi connectivity index (χ0) is 19.6. The van der Waals surface area contributed by atoms with Crippen molar-refractivity contribution in [1.29, 1.82) is 0 Å². The van der Waals surface area contributed by atoms with Gasteiger partial charge >= 0.3 is 0 Å². The molecule has 0 unspecified atom stereocenters. The van der Waals surface area contributed by atoms with Crippen molar-refractivity contribution in [3.8, 4) is 5.75 Å². The fourth-order valence-electron chi connectivity index (χ4n) is 3.50. The summed E-state index contributed by atoms with van der Waals surface area (Å²) in [4.78, 5) is 4.65. The van der Waals surface area contributed by atoms with Crippen molar-refractivity contribution < 1.29 is 5.11 Å². The molecule has 0 aliphatic heterocycles. The molecule has 3 aromatic carbocycles. The third-order valence-electron chi connectivity index (χ3n) is 4.83. The van der Waals surface area contributed by atoms with E-state index in [1.165, 1.54) is 11.1 Å². The topological polar surface area (TPSA) is 58.6 Å². The zero-order valence-corrected chi connectivity index (χ0v) is 16.4. The molecule has 3 N–H and O–H groups in total. The van der Waals surface area contributed by atoms with E-state index in [9.17, 15) is 5.11 Å². The molecule has 138 valence electrons. The van der Waals surface area contributed by atoms with Crippen molar-refractivity contribution in [3.63, 3.8) is 0 Å². The minimum absolute atomic E-state index is 0.247. The van der Waals surface area contributed by atoms with Crippen LogP contribution >= 0.6 is 0 Å². The third kappa shape index (κ3) is 4.37. The minimum Gasteiger partial charge on any atom is -0.508 e. The minimum atomic E-state index is 0.247. The van der Waals surface area contributed by atoms with Gasteiger partial charge in [-0.3, -0.25) is 4.99 Å². The molecule has 0 aliphatic rings. The summed E-state index contributed by atoms with van der Waals surface area (Å²) in [5.41, 5.74) is 15.9. The Morgan fingerprint density at radius 2 is 1.41 bits per heavy atom. The monoisotopic (exact) mass is 358 g/mol. The third-order valence-corrected chi connectivity index (χ3v) is 4.83. The first kappa shape index (κ1) is 18.7. The van der Waals surface area contributed by atoms with E-state index in [0.29, 0.717) is 0 Å². The molecule has 0 saturated heterocycles. The molecular formula is C24H26N2O. The predicted molar refractivity (Wildman–Crippen MR) is 114 cm³/mol. The molecule has 3 rings (SSSR count). The zero-order valence-electron chi connectivity index (χ0n) is 16.4. The summed E-state index contributed by atoms with van der Waals surface area (Å²) in [5, 5.41) is 9.58. The molecule has 0 heterocycles. The van der Waals surface area contributed by atoms with Crippen LogP contribution in [0.2, 0.25) is 0 Å². The lowest BCUT2D eigenvalue weighted by Crippen LogP contribution is -1.98. The van der Waals surface area contributed by atoms with Crippen LogP contribution in [0.3, 0.4) is 0 Å². The van der Waals surface area contributed by atoms with Gasteiger partial charge in [0.2, 0.25) is 0 Å². The van der Waals surface area contributed by atoms with Gasteiger partial charge in [0.1, 0.15) is 5.75 Å². The molecule has 0 bridgehead atoms. The summed E-state index contributed by atoms with van der Waals surface area (Å²) in [6, 6.07) is 15.8. The van der Waals surface area contributed by atoms with Crippen LogP contribution in [-0.4, -0.2) is 11.3 Å². The van der Waals surface area contributed by atoms with Gasteiger partial charge in [-0.05, 0) is 85.2 Å². The molecule has 3 heteroatoms. The number of aliphatic imine (C=N–C) groups is 1. The van der Waals surface area contributed by atoms with Gasteiger partial charge in [0.15, 0.2) is 0 Å². The highest BCUT2D eigenvalue weighted by atomic mass is 16.3. The normalized spacial score (nSPS) is 11.3. The Balaban J connectivity index is 1.87. The molecule has 0 saturated carbocycles. The molecule has 0 radical (unpaired) electrons. The Hall–Kier alpha value is -3.07. The van der Waals surface area contributed by atoms with Crippen LogP contribution in [0, 0.1) is 27.7 Å². The van der Waals surface area contributed by atoms with Crippen LogP contribution in [0.15, 0.2) is 53.5 Å². The van der Waals surface area contributed by atoms with Gasteiger partial charge in [-0.25, -0.2) is 0 Å². The van der Waals surface area contributed by atoms with Crippen molar-refractivity contribution in [1.82, 2.24) is 0 Å². The number of nitrogens with two attached hydrogens (primary N) is 1. The maximum absolute atomic E-state index is 9.58. The first-order chi connectivity index (χ1) is 12.8. The van der Waals surface area contributed by atoms with Crippen LogP contribution in [0.1, 0.15) is 38.9 Å². The molecule has 3 aromatic rings. The molecule has 0 amide bonds. The molecule has 0 atom stereocenters. The number of phenols is 1.